The van der Waals surface area contributed by atoms with Crippen molar-refractivity contribution in [2.45, 2.75) is 45.1 Å². The van der Waals surface area contributed by atoms with Gasteiger partial charge in [0.25, 0.3) is 0 Å². The normalized spacial score (nSPS) is 18.4. The molecule has 0 aromatic carbocycles. The quantitative estimate of drug-likeness (QED) is 0.877. The van der Waals surface area contributed by atoms with Crippen LogP contribution in [0.3, 0.4) is 0 Å². The second-order valence-electron chi connectivity index (χ2n) is 4.97. The van der Waals surface area contributed by atoms with Crippen LogP contribution in [0.25, 0.3) is 0 Å². The summed E-state index contributed by atoms with van der Waals surface area (Å²) in [6.07, 6.45) is 8.30. The summed E-state index contributed by atoms with van der Waals surface area (Å²) in [4.78, 5) is 8.44. The van der Waals surface area contributed by atoms with Gasteiger partial charge < -0.3 is 10.6 Å². The number of aromatic nitrogens is 2. The Kier molecular flexibility index (Phi) is 4.64. The lowest BCUT2D eigenvalue weighted by atomic mass is 9.84. The summed E-state index contributed by atoms with van der Waals surface area (Å²) in [6, 6.07) is 0.405. The van der Waals surface area contributed by atoms with Crippen LogP contribution < -0.4 is 10.6 Å². The lowest BCUT2D eigenvalue weighted by Gasteiger charge is -2.28. The zero-order chi connectivity index (χ0) is 13.0. The number of hydrogen-bond acceptors (Lipinski definition) is 4. The summed E-state index contributed by atoms with van der Waals surface area (Å²) in [7, 11) is 1.80. The Morgan fingerprint density at radius 1 is 1.33 bits per heavy atom. The third-order valence-electron chi connectivity index (χ3n) is 3.69. The Bertz CT molecular complexity index is 391. The van der Waals surface area contributed by atoms with Gasteiger partial charge in [-0.15, -0.1) is 0 Å². The van der Waals surface area contributed by atoms with Gasteiger partial charge in [0.05, 0.1) is 6.20 Å². The second kappa shape index (κ2) is 6.23. The molecule has 2 rings (SSSR count). The molecule has 0 bridgehead atoms. The number of nitrogens with zero attached hydrogens (tertiary/aromatic N) is 2. The fraction of sp³-hybridized carbons (Fsp3) is 0.692. The maximum Gasteiger partial charge on any atom is 0.224 e. The van der Waals surface area contributed by atoms with Crippen LogP contribution in [-0.2, 0) is 0 Å². The fourth-order valence-electron chi connectivity index (χ4n) is 2.56. The van der Waals surface area contributed by atoms with E-state index in [0.29, 0.717) is 17.0 Å². The molecule has 2 N–H and O–H groups in total. The van der Waals surface area contributed by atoms with E-state index in [9.17, 15) is 0 Å². The monoisotopic (exact) mass is 268 g/mol. The summed E-state index contributed by atoms with van der Waals surface area (Å²) in [5.41, 5.74) is 0. The van der Waals surface area contributed by atoms with Crippen molar-refractivity contribution in [3.8, 4) is 0 Å². The molecule has 100 valence electrons. The van der Waals surface area contributed by atoms with Crippen molar-refractivity contribution >= 4 is 23.4 Å². The van der Waals surface area contributed by atoms with Crippen LogP contribution in [0.15, 0.2) is 6.20 Å². The molecule has 1 heterocycles. The molecular formula is C13H21ClN4. The molecule has 1 unspecified atom stereocenters. The van der Waals surface area contributed by atoms with Gasteiger partial charge in [0.15, 0.2) is 5.82 Å². The standard InChI is InChI=1S/C13H21ClN4/c1-9(10-6-4-3-5-7-10)17-12-11(14)8-16-13(15-2)18-12/h8-10H,3-7H2,1-2H3,(H2,15,16,17,18). The van der Waals surface area contributed by atoms with Gasteiger partial charge in [-0.25, -0.2) is 4.98 Å². The Morgan fingerprint density at radius 3 is 2.72 bits per heavy atom. The summed E-state index contributed by atoms with van der Waals surface area (Å²) in [5.74, 6) is 2.05. The van der Waals surface area contributed by atoms with Crippen LogP contribution in [0.1, 0.15) is 39.0 Å². The zero-order valence-corrected chi connectivity index (χ0v) is 11.8. The van der Waals surface area contributed by atoms with Crippen LogP contribution in [-0.4, -0.2) is 23.1 Å². The van der Waals surface area contributed by atoms with Crippen molar-refractivity contribution in [1.29, 1.82) is 0 Å². The maximum absolute atomic E-state index is 6.12. The van der Waals surface area contributed by atoms with Gasteiger partial charge in [0, 0.05) is 13.1 Å². The van der Waals surface area contributed by atoms with Crippen LogP contribution in [0.4, 0.5) is 11.8 Å². The highest BCUT2D eigenvalue weighted by Crippen LogP contribution is 2.29. The number of anilines is 2. The first-order valence-electron chi connectivity index (χ1n) is 6.67. The minimum atomic E-state index is 0.405. The molecule has 0 aliphatic heterocycles. The Balaban J connectivity index is 2.03. The van der Waals surface area contributed by atoms with Crippen molar-refractivity contribution in [3.05, 3.63) is 11.2 Å². The van der Waals surface area contributed by atoms with Gasteiger partial charge >= 0.3 is 0 Å². The molecule has 1 atom stereocenters. The van der Waals surface area contributed by atoms with Crippen LogP contribution in [0.5, 0.6) is 0 Å². The Labute approximate surface area is 114 Å². The van der Waals surface area contributed by atoms with E-state index in [-0.39, 0.29) is 0 Å². The number of halogens is 1. The van der Waals surface area contributed by atoms with Crippen LogP contribution >= 0.6 is 11.6 Å². The molecule has 1 aromatic rings. The predicted octanol–water partition coefficient (Wildman–Crippen LogP) is 3.55. The topological polar surface area (TPSA) is 49.8 Å². The summed E-state index contributed by atoms with van der Waals surface area (Å²) < 4.78 is 0. The fourth-order valence-corrected chi connectivity index (χ4v) is 2.70. The van der Waals surface area contributed by atoms with Crippen molar-refractivity contribution in [3.63, 3.8) is 0 Å². The maximum atomic E-state index is 6.12. The minimum Gasteiger partial charge on any atom is -0.366 e. The van der Waals surface area contributed by atoms with Gasteiger partial charge in [-0.3, -0.25) is 0 Å². The molecule has 5 heteroatoms. The minimum absolute atomic E-state index is 0.405. The van der Waals surface area contributed by atoms with Crippen LogP contribution in [0, 0.1) is 5.92 Å². The first kappa shape index (κ1) is 13.4. The van der Waals surface area contributed by atoms with Gasteiger partial charge in [-0.1, -0.05) is 30.9 Å². The van der Waals surface area contributed by atoms with Crippen LogP contribution in [0.2, 0.25) is 5.02 Å². The molecule has 0 spiro atoms. The van der Waals surface area contributed by atoms with E-state index >= 15 is 0 Å². The van der Waals surface area contributed by atoms with Crippen molar-refractivity contribution in [2.24, 2.45) is 5.92 Å². The van der Waals surface area contributed by atoms with E-state index in [1.165, 1.54) is 32.1 Å². The Morgan fingerprint density at radius 2 is 2.06 bits per heavy atom. The van der Waals surface area contributed by atoms with E-state index in [1.54, 1.807) is 13.2 Å². The highest BCUT2D eigenvalue weighted by atomic mass is 35.5. The average Bonchev–Trinajstić information content (AvgIpc) is 2.42. The molecule has 1 saturated carbocycles. The molecule has 1 fully saturated rings. The number of rotatable bonds is 4. The molecule has 1 aliphatic rings. The molecule has 1 aromatic heterocycles. The molecule has 0 amide bonds. The van der Waals surface area contributed by atoms with E-state index in [4.69, 9.17) is 11.6 Å². The summed E-state index contributed by atoms with van der Waals surface area (Å²) in [5, 5.41) is 6.94. The highest BCUT2D eigenvalue weighted by Gasteiger charge is 2.21. The van der Waals surface area contributed by atoms with Crippen molar-refractivity contribution < 1.29 is 0 Å². The largest absolute Gasteiger partial charge is 0.366 e. The summed E-state index contributed by atoms with van der Waals surface area (Å²) in [6.45, 7) is 2.22. The van der Waals surface area contributed by atoms with Gasteiger partial charge in [-0.2, -0.15) is 4.98 Å². The highest BCUT2D eigenvalue weighted by molar-refractivity contribution is 6.32. The number of hydrogen-bond donors (Lipinski definition) is 2. The molecule has 0 radical (unpaired) electrons. The van der Waals surface area contributed by atoms with E-state index in [0.717, 1.165) is 11.7 Å². The number of nitrogens with one attached hydrogen (secondary N) is 2. The molecule has 1 aliphatic carbocycles. The first-order valence-corrected chi connectivity index (χ1v) is 7.05. The van der Waals surface area contributed by atoms with E-state index in [1.807, 2.05) is 0 Å². The lowest BCUT2D eigenvalue weighted by molar-refractivity contribution is 0.328. The molecule has 18 heavy (non-hydrogen) atoms. The SMILES string of the molecule is CNc1ncc(Cl)c(NC(C)C2CCCCC2)n1. The molecule has 4 nitrogen and oxygen atoms in total. The van der Waals surface area contributed by atoms with Gasteiger partial charge in [0.1, 0.15) is 5.02 Å². The third-order valence-corrected chi connectivity index (χ3v) is 3.97. The van der Waals surface area contributed by atoms with Crippen molar-refractivity contribution in [2.75, 3.05) is 17.7 Å². The van der Waals surface area contributed by atoms with E-state index < -0.39 is 0 Å². The zero-order valence-electron chi connectivity index (χ0n) is 11.0. The molecular weight excluding hydrogens is 248 g/mol. The van der Waals surface area contributed by atoms with Crippen molar-refractivity contribution in [1.82, 2.24) is 9.97 Å². The Hall–Kier alpha value is -1.03. The first-order chi connectivity index (χ1) is 8.70. The lowest BCUT2D eigenvalue weighted by Crippen LogP contribution is -2.28. The average molecular weight is 269 g/mol. The molecule has 0 saturated heterocycles. The smallest absolute Gasteiger partial charge is 0.224 e. The van der Waals surface area contributed by atoms with Gasteiger partial charge in [-0.05, 0) is 25.7 Å². The van der Waals surface area contributed by atoms with E-state index in [2.05, 4.69) is 27.5 Å². The van der Waals surface area contributed by atoms with Gasteiger partial charge in [0.2, 0.25) is 5.95 Å². The summed E-state index contributed by atoms with van der Waals surface area (Å²) >= 11 is 6.12. The predicted molar refractivity (Wildman–Crippen MR) is 76.2 cm³/mol. The third kappa shape index (κ3) is 3.25. The second-order valence-corrected chi connectivity index (χ2v) is 5.38.